The number of nitrogens with zero attached hydrogens (tertiary/aromatic N) is 4. The molecule has 0 N–H and O–H groups in total. The molecule has 2 heterocycles. The van der Waals surface area contributed by atoms with Gasteiger partial charge in [0, 0.05) is 20.2 Å². The maximum Gasteiger partial charge on any atom is 0.295 e. The first-order valence-corrected chi connectivity index (χ1v) is 6.77. The van der Waals surface area contributed by atoms with Gasteiger partial charge in [0.25, 0.3) is 5.91 Å². The SMILES string of the molecule is CC(=O)n1c(C(=O)N(C)c2ccccn2)nc2ccccc21. The zero-order valence-electron chi connectivity index (χ0n) is 12.2. The summed E-state index contributed by atoms with van der Waals surface area (Å²) in [4.78, 5) is 34.4. The first kappa shape index (κ1) is 13.9. The van der Waals surface area contributed by atoms with Gasteiger partial charge in [0.05, 0.1) is 11.0 Å². The number of benzene rings is 1. The van der Waals surface area contributed by atoms with Gasteiger partial charge in [0.1, 0.15) is 5.82 Å². The molecular weight excluding hydrogens is 280 g/mol. The summed E-state index contributed by atoms with van der Waals surface area (Å²) < 4.78 is 1.33. The number of amides is 1. The van der Waals surface area contributed by atoms with Crippen LogP contribution < -0.4 is 4.90 Å². The van der Waals surface area contributed by atoms with E-state index in [0.717, 1.165) is 0 Å². The quantitative estimate of drug-likeness (QED) is 0.727. The van der Waals surface area contributed by atoms with Gasteiger partial charge in [-0.05, 0) is 24.3 Å². The van der Waals surface area contributed by atoms with Crippen LogP contribution in [0.4, 0.5) is 5.82 Å². The van der Waals surface area contributed by atoms with Crippen molar-refractivity contribution < 1.29 is 9.59 Å². The lowest BCUT2D eigenvalue weighted by Crippen LogP contribution is -2.30. The Morgan fingerprint density at radius 3 is 2.50 bits per heavy atom. The summed E-state index contributed by atoms with van der Waals surface area (Å²) in [6.45, 7) is 1.41. The average molecular weight is 294 g/mol. The minimum atomic E-state index is -0.384. The Kier molecular flexibility index (Phi) is 3.42. The van der Waals surface area contributed by atoms with E-state index in [1.165, 1.54) is 16.4 Å². The van der Waals surface area contributed by atoms with Gasteiger partial charge in [-0.1, -0.05) is 18.2 Å². The Labute approximate surface area is 127 Å². The Morgan fingerprint density at radius 2 is 1.82 bits per heavy atom. The third-order valence-corrected chi connectivity index (χ3v) is 3.36. The monoisotopic (exact) mass is 294 g/mol. The highest BCUT2D eigenvalue weighted by molar-refractivity contribution is 6.07. The normalized spacial score (nSPS) is 10.6. The predicted octanol–water partition coefficient (Wildman–Crippen LogP) is 2.37. The number of imidazole rings is 1. The standard InChI is InChI=1S/C16H14N4O2/c1-11(21)20-13-8-4-3-7-12(13)18-15(20)16(22)19(2)14-9-5-6-10-17-14/h3-10H,1-2H3. The average Bonchev–Trinajstić information content (AvgIpc) is 2.94. The molecule has 0 saturated heterocycles. The molecule has 0 atom stereocenters. The zero-order chi connectivity index (χ0) is 15.7. The van der Waals surface area contributed by atoms with Crippen LogP contribution in [0.2, 0.25) is 0 Å². The first-order chi connectivity index (χ1) is 10.6. The lowest BCUT2D eigenvalue weighted by atomic mass is 10.3. The number of rotatable bonds is 2. The van der Waals surface area contributed by atoms with Crippen molar-refractivity contribution in [2.75, 3.05) is 11.9 Å². The third-order valence-electron chi connectivity index (χ3n) is 3.36. The van der Waals surface area contributed by atoms with Crippen molar-refractivity contribution in [2.24, 2.45) is 0 Å². The molecule has 2 aromatic heterocycles. The highest BCUT2D eigenvalue weighted by Gasteiger charge is 2.24. The molecule has 6 nitrogen and oxygen atoms in total. The van der Waals surface area contributed by atoms with Crippen LogP contribution in [0.5, 0.6) is 0 Å². The molecule has 0 fully saturated rings. The van der Waals surface area contributed by atoms with E-state index < -0.39 is 0 Å². The number of pyridine rings is 1. The van der Waals surface area contributed by atoms with Crippen molar-refractivity contribution in [2.45, 2.75) is 6.92 Å². The summed E-state index contributed by atoms with van der Waals surface area (Å²) >= 11 is 0. The van der Waals surface area contributed by atoms with Crippen LogP contribution in [0.3, 0.4) is 0 Å². The van der Waals surface area contributed by atoms with Gasteiger partial charge in [-0.3, -0.25) is 19.1 Å². The minimum absolute atomic E-state index is 0.0850. The Balaban J connectivity index is 2.11. The number of carbonyl (C=O) groups excluding carboxylic acids is 2. The predicted molar refractivity (Wildman–Crippen MR) is 83.0 cm³/mol. The zero-order valence-corrected chi connectivity index (χ0v) is 12.2. The second kappa shape index (κ2) is 5.40. The van der Waals surface area contributed by atoms with Crippen molar-refractivity contribution >= 4 is 28.7 Å². The summed E-state index contributed by atoms with van der Waals surface area (Å²) in [5.41, 5.74) is 1.23. The van der Waals surface area contributed by atoms with E-state index in [1.807, 2.05) is 6.07 Å². The molecule has 3 aromatic rings. The number of anilines is 1. The third kappa shape index (κ3) is 2.24. The Bertz CT molecular complexity index is 855. The fraction of sp³-hybridized carbons (Fsp3) is 0.125. The fourth-order valence-electron chi connectivity index (χ4n) is 2.29. The number of aromatic nitrogens is 3. The van der Waals surface area contributed by atoms with Crippen LogP contribution in [-0.2, 0) is 0 Å². The summed E-state index contributed by atoms with van der Waals surface area (Å²) in [5.74, 6) is -0.0620. The molecule has 1 amide bonds. The molecule has 0 bridgehead atoms. The number of para-hydroxylation sites is 2. The van der Waals surface area contributed by atoms with Gasteiger partial charge < -0.3 is 0 Å². The van der Waals surface area contributed by atoms with Crippen molar-refractivity contribution in [1.29, 1.82) is 0 Å². The van der Waals surface area contributed by atoms with Crippen LogP contribution in [0.15, 0.2) is 48.7 Å². The van der Waals surface area contributed by atoms with Crippen LogP contribution in [0, 0.1) is 0 Å². The smallest absolute Gasteiger partial charge is 0.293 e. The van der Waals surface area contributed by atoms with Crippen LogP contribution >= 0.6 is 0 Å². The van der Waals surface area contributed by atoms with E-state index in [4.69, 9.17) is 0 Å². The van der Waals surface area contributed by atoms with Gasteiger partial charge in [-0.25, -0.2) is 9.97 Å². The summed E-state index contributed by atoms with van der Waals surface area (Å²) in [6, 6.07) is 12.4. The van der Waals surface area contributed by atoms with Crippen molar-refractivity contribution in [3.63, 3.8) is 0 Å². The molecule has 0 aliphatic heterocycles. The maximum absolute atomic E-state index is 12.7. The van der Waals surface area contributed by atoms with Crippen molar-refractivity contribution in [3.05, 3.63) is 54.5 Å². The highest BCUT2D eigenvalue weighted by Crippen LogP contribution is 2.18. The van der Waals surface area contributed by atoms with Crippen molar-refractivity contribution in [3.8, 4) is 0 Å². The summed E-state index contributed by atoms with van der Waals surface area (Å²) in [7, 11) is 1.61. The molecule has 6 heteroatoms. The second-order valence-corrected chi connectivity index (χ2v) is 4.83. The number of fused-ring (bicyclic) bond motifs is 1. The first-order valence-electron chi connectivity index (χ1n) is 6.77. The Hall–Kier alpha value is -3.02. The van der Waals surface area contributed by atoms with Gasteiger partial charge in [0.15, 0.2) is 0 Å². The molecule has 0 saturated carbocycles. The van der Waals surface area contributed by atoms with Crippen LogP contribution in [0.1, 0.15) is 22.3 Å². The Morgan fingerprint density at radius 1 is 1.09 bits per heavy atom. The lowest BCUT2D eigenvalue weighted by Gasteiger charge is -2.15. The molecular formula is C16H14N4O2. The van der Waals surface area contributed by atoms with Gasteiger partial charge in [-0.2, -0.15) is 0 Å². The molecule has 22 heavy (non-hydrogen) atoms. The molecule has 0 radical (unpaired) electrons. The van der Waals surface area contributed by atoms with E-state index >= 15 is 0 Å². The van der Waals surface area contributed by atoms with Crippen LogP contribution in [-0.4, -0.2) is 33.4 Å². The van der Waals surface area contributed by atoms with Crippen LogP contribution in [0.25, 0.3) is 11.0 Å². The van der Waals surface area contributed by atoms with E-state index in [9.17, 15) is 9.59 Å². The van der Waals surface area contributed by atoms with E-state index in [1.54, 1.807) is 49.6 Å². The lowest BCUT2D eigenvalue weighted by molar-refractivity contribution is 0.0904. The topological polar surface area (TPSA) is 68.1 Å². The molecule has 3 rings (SSSR count). The number of hydrogen-bond acceptors (Lipinski definition) is 4. The van der Waals surface area contributed by atoms with E-state index in [2.05, 4.69) is 9.97 Å². The fourth-order valence-corrected chi connectivity index (χ4v) is 2.29. The highest BCUT2D eigenvalue weighted by atomic mass is 16.2. The minimum Gasteiger partial charge on any atom is -0.293 e. The van der Waals surface area contributed by atoms with Gasteiger partial charge in [-0.15, -0.1) is 0 Å². The molecule has 1 aromatic carbocycles. The number of hydrogen-bond donors (Lipinski definition) is 0. The molecule has 0 spiro atoms. The molecule has 110 valence electrons. The molecule has 0 aliphatic rings. The summed E-state index contributed by atoms with van der Waals surface area (Å²) in [5, 5.41) is 0. The summed E-state index contributed by atoms with van der Waals surface area (Å²) in [6.07, 6.45) is 1.60. The van der Waals surface area contributed by atoms with E-state index in [-0.39, 0.29) is 17.6 Å². The van der Waals surface area contributed by atoms with Gasteiger partial charge >= 0.3 is 0 Å². The molecule has 0 aliphatic carbocycles. The van der Waals surface area contributed by atoms with Gasteiger partial charge in [0.2, 0.25) is 11.7 Å². The largest absolute Gasteiger partial charge is 0.295 e. The number of carbonyl (C=O) groups is 2. The van der Waals surface area contributed by atoms with Crippen molar-refractivity contribution in [1.82, 2.24) is 14.5 Å². The molecule has 0 unspecified atom stereocenters. The maximum atomic E-state index is 12.7. The van der Waals surface area contributed by atoms with E-state index in [0.29, 0.717) is 16.9 Å². The second-order valence-electron chi connectivity index (χ2n) is 4.83.